The van der Waals surface area contributed by atoms with Gasteiger partial charge in [0.2, 0.25) is 10.0 Å². The summed E-state index contributed by atoms with van der Waals surface area (Å²) in [5.41, 5.74) is 1.53. The minimum atomic E-state index is -3.83. The number of likely N-dealkylation sites (N-methyl/N-ethyl adjacent to an activating group) is 1. The van der Waals surface area contributed by atoms with Crippen LogP contribution in [-0.4, -0.2) is 98.0 Å². The van der Waals surface area contributed by atoms with Crippen LogP contribution in [-0.2, 0) is 37.8 Å². The number of rotatable bonds is 13. The van der Waals surface area contributed by atoms with Gasteiger partial charge >= 0.3 is 0 Å². The van der Waals surface area contributed by atoms with Gasteiger partial charge in [-0.2, -0.15) is 17.8 Å². The van der Waals surface area contributed by atoms with Crippen LogP contribution in [0.15, 0.2) is 27.9 Å². The number of nitrogens with one attached hydrogen (secondary N) is 1. The van der Waals surface area contributed by atoms with Crippen molar-refractivity contribution in [1.29, 1.82) is 0 Å². The number of hydrogen-bond donors (Lipinski definition) is 1. The Morgan fingerprint density at radius 2 is 1.90 bits per heavy atom. The van der Waals surface area contributed by atoms with E-state index in [0.717, 1.165) is 12.7 Å². The fourth-order valence-corrected chi connectivity index (χ4v) is 6.63. The van der Waals surface area contributed by atoms with E-state index >= 15 is 0 Å². The van der Waals surface area contributed by atoms with Crippen LogP contribution in [0.1, 0.15) is 32.4 Å². The number of nitrogens with zero attached hydrogens (tertiary/aromatic N) is 5. The standard InChI is InChI=1S/C25H36N6O7S2/c1-6-9-20-22-23(30(4)28-20)25(32)27-24(26-22)19-14-18(10-11-21(19)37-7-2)40(35,36)31-15-17(16-31)29(3)12-8-13-38-39(5,33)34/h10-11,14,17H,6-9,12-13,15-16H2,1-5H3,(H,26,27,32). The molecule has 3 heterocycles. The summed E-state index contributed by atoms with van der Waals surface area (Å²) in [5.74, 6) is 0.614. The SMILES string of the molecule is CCCc1nn(C)c2c(=O)[nH]c(-c3cc(S(=O)(=O)N4CC(N(C)CCCOS(C)(=O)=O)C4)ccc3OCC)nc12. The lowest BCUT2D eigenvalue weighted by Crippen LogP contribution is -2.60. The van der Waals surface area contributed by atoms with Crippen LogP contribution in [0.5, 0.6) is 5.75 Å². The fraction of sp³-hybridized carbons (Fsp3) is 0.560. The van der Waals surface area contributed by atoms with Crippen LogP contribution in [0, 0.1) is 0 Å². The van der Waals surface area contributed by atoms with E-state index in [1.54, 1.807) is 13.1 Å². The van der Waals surface area contributed by atoms with E-state index in [9.17, 15) is 21.6 Å². The molecule has 40 heavy (non-hydrogen) atoms. The van der Waals surface area contributed by atoms with Gasteiger partial charge in [0.05, 0.1) is 35.6 Å². The number of aryl methyl sites for hydroxylation is 2. The molecule has 220 valence electrons. The van der Waals surface area contributed by atoms with Crippen LogP contribution in [0.4, 0.5) is 0 Å². The zero-order valence-electron chi connectivity index (χ0n) is 23.4. The van der Waals surface area contributed by atoms with Crippen molar-refractivity contribution in [3.05, 3.63) is 34.2 Å². The zero-order chi connectivity index (χ0) is 29.2. The highest BCUT2D eigenvalue weighted by Crippen LogP contribution is 2.33. The molecule has 1 aliphatic rings. The van der Waals surface area contributed by atoms with Crippen molar-refractivity contribution in [2.24, 2.45) is 7.05 Å². The molecule has 3 aromatic rings. The van der Waals surface area contributed by atoms with Gasteiger partial charge in [0.15, 0.2) is 5.52 Å². The van der Waals surface area contributed by atoms with Gasteiger partial charge in [-0.3, -0.25) is 13.7 Å². The van der Waals surface area contributed by atoms with Crippen molar-refractivity contribution in [3.8, 4) is 17.1 Å². The first kappa shape index (κ1) is 30.1. The van der Waals surface area contributed by atoms with Gasteiger partial charge in [0, 0.05) is 32.7 Å². The summed E-state index contributed by atoms with van der Waals surface area (Å²) in [5, 5.41) is 4.45. The van der Waals surface area contributed by atoms with Gasteiger partial charge in [-0.25, -0.2) is 13.4 Å². The molecule has 0 saturated carbocycles. The molecule has 15 heteroatoms. The van der Waals surface area contributed by atoms with Crippen molar-refractivity contribution in [2.75, 3.05) is 46.2 Å². The third-order valence-corrected chi connectivity index (χ3v) is 9.22. The Morgan fingerprint density at radius 3 is 2.55 bits per heavy atom. The highest BCUT2D eigenvalue weighted by atomic mass is 32.2. The number of benzene rings is 1. The van der Waals surface area contributed by atoms with Gasteiger partial charge in [-0.15, -0.1) is 0 Å². The molecule has 1 fully saturated rings. The molecule has 2 aromatic heterocycles. The average molecular weight is 597 g/mol. The molecule has 4 rings (SSSR count). The third kappa shape index (κ3) is 6.38. The first-order valence-electron chi connectivity index (χ1n) is 13.1. The van der Waals surface area contributed by atoms with Crippen LogP contribution in [0.2, 0.25) is 0 Å². The Labute approximate surface area is 234 Å². The number of fused-ring (bicyclic) bond motifs is 1. The largest absolute Gasteiger partial charge is 0.493 e. The minimum absolute atomic E-state index is 0.00169. The second-order valence-electron chi connectivity index (χ2n) is 9.86. The van der Waals surface area contributed by atoms with Crippen LogP contribution in [0.3, 0.4) is 0 Å². The summed E-state index contributed by atoms with van der Waals surface area (Å²) in [7, 11) is -3.75. The number of hydrogen-bond acceptors (Lipinski definition) is 10. The quantitative estimate of drug-likeness (QED) is 0.226. The fourth-order valence-electron chi connectivity index (χ4n) is 4.66. The summed E-state index contributed by atoms with van der Waals surface area (Å²) >= 11 is 0. The number of aromatic nitrogens is 4. The molecule has 1 aliphatic heterocycles. The summed E-state index contributed by atoms with van der Waals surface area (Å²) in [6.07, 6.45) is 2.98. The highest BCUT2D eigenvalue weighted by molar-refractivity contribution is 7.89. The molecular formula is C25H36N6O7S2. The summed E-state index contributed by atoms with van der Waals surface area (Å²) in [6, 6.07) is 4.56. The van der Waals surface area contributed by atoms with Crippen molar-refractivity contribution >= 4 is 31.2 Å². The van der Waals surface area contributed by atoms with Crippen LogP contribution in [0.25, 0.3) is 22.4 Å². The molecule has 0 radical (unpaired) electrons. The molecule has 1 N–H and O–H groups in total. The smallest absolute Gasteiger partial charge is 0.277 e. The van der Waals surface area contributed by atoms with E-state index in [-0.39, 0.29) is 28.9 Å². The van der Waals surface area contributed by atoms with E-state index in [0.29, 0.717) is 67.1 Å². The first-order valence-corrected chi connectivity index (χ1v) is 16.4. The topological polar surface area (TPSA) is 157 Å². The van der Waals surface area contributed by atoms with E-state index < -0.39 is 20.1 Å². The lowest BCUT2D eigenvalue weighted by atomic mass is 10.1. The third-order valence-electron chi connectivity index (χ3n) is 6.80. The Hall–Kier alpha value is -2.85. The Morgan fingerprint density at radius 1 is 1.18 bits per heavy atom. The van der Waals surface area contributed by atoms with E-state index in [2.05, 4.69) is 10.1 Å². The average Bonchev–Trinajstić information content (AvgIpc) is 3.16. The second kappa shape index (κ2) is 11.9. The van der Waals surface area contributed by atoms with Crippen LogP contribution < -0.4 is 10.3 Å². The molecule has 0 aliphatic carbocycles. The summed E-state index contributed by atoms with van der Waals surface area (Å²) in [6.45, 7) is 5.41. The molecule has 0 atom stereocenters. The predicted molar refractivity (Wildman–Crippen MR) is 150 cm³/mol. The molecule has 0 unspecified atom stereocenters. The van der Waals surface area contributed by atoms with Crippen molar-refractivity contribution in [3.63, 3.8) is 0 Å². The van der Waals surface area contributed by atoms with E-state index in [4.69, 9.17) is 13.9 Å². The van der Waals surface area contributed by atoms with E-state index in [1.165, 1.54) is 21.1 Å². The van der Waals surface area contributed by atoms with Gasteiger partial charge in [-0.05, 0) is 45.0 Å². The maximum Gasteiger partial charge on any atom is 0.277 e. The maximum absolute atomic E-state index is 13.5. The highest BCUT2D eigenvalue weighted by Gasteiger charge is 2.39. The normalized spacial score (nSPS) is 15.2. The lowest BCUT2D eigenvalue weighted by molar-refractivity contribution is 0.106. The Bertz CT molecular complexity index is 1640. The zero-order valence-corrected chi connectivity index (χ0v) is 25.0. The summed E-state index contributed by atoms with van der Waals surface area (Å²) < 4.78 is 62.7. The number of ether oxygens (including phenoxy) is 1. The molecule has 0 bridgehead atoms. The minimum Gasteiger partial charge on any atom is -0.493 e. The number of aromatic amines is 1. The number of sulfonamides is 1. The predicted octanol–water partition coefficient (Wildman–Crippen LogP) is 1.35. The molecule has 13 nitrogen and oxygen atoms in total. The lowest BCUT2D eigenvalue weighted by Gasteiger charge is -2.43. The van der Waals surface area contributed by atoms with Gasteiger partial charge < -0.3 is 14.6 Å². The molecule has 1 saturated heterocycles. The second-order valence-corrected chi connectivity index (χ2v) is 13.4. The van der Waals surface area contributed by atoms with Crippen molar-refractivity contribution in [1.82, 2.24) is 29.0 Å². The monoisotopic (exact) mass is 596 g/mol. The molecule has 0 spiro atoms. The Balaban J connectivity index is 1.57. The first-order chi connectivity index (χ1) is 18.9. The van der Waals surface area contributed by atoms with Gasteiger partial charge in [0.1, 0.15) is 17.1 Å². The maximum atomic E-state index is 13.5. The van der Waals surface area contributed by atoms with Crippen LogP contribution >= 0.6 is 0 Å². The molecule has 1 aromatic carbocycles. The molecular weight excluding hydrogens is 560 g/mol. The molecule has 0 amide bonds. The van der Waals surface area contributed by atoms with Crippen molar-refractivity contribution in [2.45, 2.75) is 44.0 Å². The summed E-state index contributed by atoms with van der Waals surface area (Å²) in [4.78, 5) is 22.5. The van der Waals surface area contributed by atoms with Gasteiger partial charge in [0.25, 0.3) is 15.7 Å². The van der Waals surface area contributed by atoms with Crippen molar-refractivity contribution < 1.29 is 25.8 Å². The van der Waals surface area contributed by atoms with Gasteiger partial charge in [-0.1, -0.05) is 13.3 Å². The Kier molecular flexibility index (Phi) is 8.99. The van der Waals surface area contributed by atoms with E-state index in [1.807, 2.05) is 25.8 Å². The number of H-pyrrole nitrogens is 1.